The van der Waals surface area contributed by atoms with Crippen LogP contribution in [0.3, 0.4) is 0 Å². The van der Waals surface area contributed by atoms with Gasteiger partial charge in [0.05, 0.1) is 0 Å². The van der Waals surface area contributed by atoms with Crippen LogP contribution in [0, 0.1) is 5.82 Å². The summed E-state index contributed by atoms with van der Waals surface area (Å²) in [7, 11) is 0. The molecule has 0 radical (unpaired) electrons. The van der Waals surface area contributed by atoms with E-state index in [0.717, 1.165) is 0 Å². The lowest BCUT2D eigenvalue weighted by Gasteiger charge is -2.20. The number of carbonyl (C=O) groups is 1. The first kappa shape index (κ1) is 17.6. The van der Waals surface area contributed by atoms with Crippen molar-refractivity contribution in [1.29, 1.82) is 0 Å². The molecule has 2 aromatic rings. The molecule has 0 aliphatic heterocycles. The Balaban J connectivity index is 2.06. The van der Waals surface area contributed by atoms with Crippen molar-refractivity contribution in [2.75, 3.05) is 5.73 Å². The largest absolute Gasteiger partial charge is 0.454 e. The van der Waals surface area contributed by atoms with E-state index in [-0.39, 0.29) is 12.3 Å². The Morgan fingerprint density at radius 2 is 1.92 bits per heavy atom. The molecule has 0 aliphatic carbocycles. The maximum absolute atomic E-state index is 13.6. The van der Waals surface area contributed by atoms with Crippen LogP contribution in [0.4, 0.5) is 14.9 Å². The third kappa shape index (κ3) is 5.15. The van der Waals surface area contributed by atoms with Crippen LogP contribution in [0.5, 0.6) is 11.5 Å². The van der Waals surface area contributed by atoms with Crippen LogP contribution in [0.15, 0.2) is 42.5 Å². The van der Waals surface area contributed by atoms with Crippen molar-refractivity contribution in [2.45, 2.75) is 32.9 Å². The number of benzene rings is 2. The fraction of sp³-hybridized carbons (Fsp3) is 0.278. The van der Waals surface area contributed by atoms with Crippen LogP contribution in [0.1, 0.15) is 26.3 Å². The van der Waals surface area contributed by atoms with Gasteiger partial charge in [-0.3, -0.25) is 0 Å². The molecule has 0 unspecified atom stereocenters. The van der Waals surface area contributed by atoms with Gasteiger partial charge in [-0.2, -0.15) is 0 Å². The standard InChI is InChI=1S/C18H21FN2O3/c1-18(2,3)24-17(22)21-11-12-10-13(8-9-15(12)20)23-16-7-5-4-6-14(16)19/h4-10H,11,20H2,1-3H3,(H,21,22). The number of rotatable bonds is 4. The van der Waals surface area contributed by atoms with E-state index in [0.29, 0.717) is 17.0 Å². The quantitative estimate of drug-likeness (QED) is 0.822. The Labute approximate surface area is 140 Å². The lowest BCUT2D eigenvalue weighted by atomic mass is 10.1. The number of para-hydroxylation sites is 1. The van der Waals surface area contributed by atoms with Crippen molar-refractivity contribution in [1.82, 2.24) is 5.32 Å². The van der Waals surface area contributed by atoms with Gasteiger partial charge in [0.2, 0.25) is 0 Å². The Morgan fingerprint density at radius 1 is 1.21 bits per heavy atom. The molecule has 0 heterocycles. The van der Waals surface area contributed by atoms with Crippen LogP contribution in [-0.4, -0.2) is 11.7 Å². The summed E-state index contributed by atoms with van der Waals surface area (Å²) in [5.41, 5.74) is 6.47. The van der Waals surface area contributed by atoms with Gasteiger partial charge in [0.15, 0.2) is 11.6 Å². The molecule has 0 atom stereocenters. The van der Waals surface area contributed by atoms with Gasteiger partial charge in [-0.15, -0.1) is 0 Å². The Bertz CT molecular complexity index is 726. The molecule has 3 N–H and O–H groups in total. The third-order valence-corrected chi connectivity index (χ3v) is 3.00. The lowest BCUT2D eigenvalue weighted by molar-refractivity contribution is 0.0523. The highest BCUT2D eigenvalue weighted by molar-refractivity contribution is 5.68. The van der Waals surface area contributed by atoms with Gasteiger partial charge in [0.1, 0.15) is 11.4 Å². The SMILES string of the molecule is CC(C)(C)OC(=O)NCc1cc(Oc2ccccc2F)ccc1N. The number of alkyl carbamates (subject to hydrolysis) is 1. The van der Waals surface area contributed by atoms with Gasteiger partial charge >= 0.3 is 6.09 Å². The zero-order valence-corrected chi connectivity index (χ0v) is 13.9. The van der Waals surface area contributed by atoms with Crippen LogP contribution < -0.4 is 15.8 Å². The average molecular weight is 332 g/mol. The Morgan fingerprint density at radius 3 is 2.58 bits per heavy atom. The first-order chi connectivity index (χ1) is 11.2. The number of hydrogen-bond acceptors (Lipinski definition) is 4. The molecule has 5 nitrogen and oxygen atoms in total. The minimum Gasteiger partial charge on any atom is -0.454 e. The molecule has 2 rings (SSSR count). The summed E-state index contributed by atoms with van der Waals surface area (Å²) in [6, 6.07) is 11.0. The smallest absolute Gasteiger partial charge is 0.407 e. The summed E-state index contributed by atoms with van der Waals surface area (Å²) < 4.78 is 24.3. The molecule has 0 aliphatic rings. The second-order valence-electron chi connectivity index (χ2n) is 6.25. The maximum atomic E-state index is 13.6. The molecule has 0 fully saturated rings. The second kappa shape index (κ2) is 7.21. The van der Waals surface area contributed by atoms with E-state index in [1.807, 2.05) is 0 Å². The summed E-state index contributed by atoms with van der Waals surface area (Å²) in [4.78, 5) is 11.7. The predicted molar refractivity (Wildman–Crippen MR) is 90.4 cm³/mol. The van der Waals surface area contributed by atoms with Gasteiger partial charge in [-0.1, -0.05) is 12.1 Å². The highest BCUT2D eigenvalue weighted by Crippen LogP contribution is 2.27. The van der Waals surface area contributed by atoms with Crippen molar-refractivity contribution >= 4 is 11.8 Å². The number of hydrogen-bond donors (Lipinski definition) is 2. The number of anilines is 1. The minimum absolute atomic E-state index is 0.119. The number of amides is 1. The molecule has 6 heteroatoms. The topological polar surface area (TPSA) is 73.6 Å². The average Bonchev–Trinajstić information content (AvgIpc) is 2.48. The highest BCUT2D eigenvalue weighted by Gasteiger charge is 2.16. The number of halogens is 1. The Hall–Kier alpha value is -2.76. The highest BCUT2D eigenvalue weighted by atomic mass is 19.1. The first-order valence-electron chi connectivity index (χ1n) is 7.52. The van der Waals surface area contributed by atoms with Gasteiger partial charge in [-0.25, -0.2) is 9.18 Å². The van der Waals surface area contributed by atoms with Gasteiger partial charge < -0.3 is 20.5 Å². The van der Waals surface area contributed by atoms with Gasteiger partial charge in [0.25, 0.3) is 0 Å². The number of ether oxygens (including phenoxy) is 2. The van der Waals surface area contributed by atoms with E-state index in [1.165, 1.54) is 12.1 Å². The van der Waals surface area contributed by atoms with E-state index in [1.54, 1.807) is 51.1 Å². The fourth-order valence-electron chi connectivity index (χ4n) is 1.93. The minimum atomic E-state index is -0.578. The summed E-state index contributed by atoms with van der Waals surface area (Å²) >= 11 is 0. The van der Waals surface area contributed by atoms with Crippen molar-refractivity contribution in [3.63, 3.8) is 0 Å². The van der Waals surface area contributed by atoms with Crippen LogP contribution in [0.2, 0.25) is 0 Å². The summed E-state index contributed by atoms with van der Waals surface area (Å²) in [5.74, 6) is 0.0892. The third-order valence-electron chi connectivity index (χ3n) is 3.00. The van der Waals surface area contributed by atoms with E-state index >= 15 is 0 Å². The normalized spacial score (nSPS) is 11.0. The molecule has 1 amide bonds. The fourth-order valence-corrected chi connectivity index (χ4v) is 1.93. The Kier molecular flexibility index (Phi) is 5.28. The molecule has 0 aromatic heterocycles. The van der Waals surface area contributed by atoms with E-state index in [2.05, 4.69) is 5.32 Å². The lowest BCUT2D eigenvalue weighted by Crippen LogP contribution is -2.32. The van der Waals surface area contributed by atoms with Gasteiger partial charge in [-0.05, 0) is 56.7 Å². The number of nitrogens with one attached hydrogen (secondary N) is 1. The molecule has 0 bridgehead atoms. The molecular weight excluding hydrogens is 311 g/mol. The molecule has 0 saturated carbocycles. The van der Waals surface area contributed by atoms with E-state index < -0.39 is 17.5 Å². The van der Waals surface area contributed by atoms with E-state index in [9.17, 15) is 9.18 Å². The maximum Gasteiger partial charge on any atom is 0.407 e. The number of carbonyl (C=O) groups excluding carboxylic acids is 1. The molecule has 0 saturated heterocycles. The number of nitrogen functional groups attached to an aromatic ring is 1. The zero-order valence-electron chi connectivity index (χ0n) is 13.9. The molecule has 0 spiro atoms. The van der Waals surface area contributed by atoms with Crippen LogP contribution >= 0.6 is 0 Å². The summed E-state index contributed by atoms with van der Waals surface area (Å²) in [6.07, 6.45) is -0.540. The molecule has 128 valence electrons. The van der Waals surface area contributed by atoms with Crippen LogP contribution in [-0.2, 0) is 11.3 Å². The monoisotopic (exact) mass is 332 g/mol. The summed E-state index contributed by atoms with van der Waals surface area (Å²) in [5, 5.41) is 2.63. The summed E-state index contributed by atoms with van der Waals surface area (Å²) in [6.45, 7) is 5.52. The van der Waals surface area contributed by atoms with Crippen molar-refractivity contribution in [3.05, 3.63) is 53.8 Å². The molecular formula is C18H21FN2O3. The molecule has 24 heavy (non-hydrogen) atoms. The van der Waals surface area contributed by atoms with Crippen molar-refractivity contribution < 1.29 is 18.7 Å². The zero-order chi connectivity index (χ0) is 17.7. The van der Waals surface area contributed by atoms with Gasteiger partial charge in [0, 0.05) is 12.2 Å². The second-order valence-corrected chi connectivity index (χ2v) is 6.25. The predicted octanol–water partition coefficient (Wildman–Crippen LogP) is 4.22. The number of nitrogens with two attached hydrogens (primary N) is 1. The van der Waals surface area contributed by atoms with Crippen molar-refractivity contribution in [2.24, 2.45) is 0 Å². The molecule has 2 aromatic carbocycles. The van der Waals surface area contributed by atoms with Crippen LogP contribution in [0.25, 0.3) is 0 Å². The van der Waals surface area contributed by atoms with Crippen molar-refractivity contribution in [3.8, 4) is 11.5 Å². The van der Waals surface area contributed by atoms with E-state index in [4.69, 9.17) is 15.2 Å². The first-order valence-corrected chi connectivity index (χ1v) is 7.52.